The van der Waals surface area contributed by atoms with E-state index < -0.39 is 5.97 Å². The molecule has 0 saturated heterocycles. The first-order chi connectivity index (χ1) is 17.6. The number of carbonyl (C=O) groups excluding carboxylic acids is 2. The lowest BCUT2D eigenvalue weighted by atomic mass is 10.1. The smallest absolute Gasteiger partial charge is 0.338 e. The first-order valence-corrected chi connectivity index (χ1v) is 11.6. The number of hydrogen-bond acceptors (Lipinski definition) is 5. The maximum atomic E-state index is 12.8. The van der Waals surface area contributed by atoms with Gasteiger partial charge in [-0.2, -0.15) is 0 Å². The van der Waals surface area contributed by atoms with E-state index in [1.54, 1.807) is 56.5 Å². The van der Waals surface area contributed by atoms with Crippen LogP contribution >= 0.6 is 0 Å². The fourth-order valence-electron chi connectivity index (χ4n) is 3.68. The fourth-order valence-corrected chi connectivity index (χ4v) is 3.68. The Hall–Kier alpha value is -4.58. The van der Waals surface area contributed by atoms with Gasteiger partial charge in [0.15, 0.2) is 0 Å². The second kappa shape index (κ2) is 11.7. The number of hydrogen-bond donors (Lipinski definition) is 1. The third-order valence-corrected chi connectivity index (χ3v) is 5.55. The normalized spacial score (nSPS) is 10.4. The van der Waals surface area contributed by atoms with Gasteiger partial charge < -0.3 is 19.5 Å². The molecule has 0 atom stereocenters. The average Bonchev–Trinajstić information content (AvgIpc) is 2.93. The van der Waals surface area contributed by atoms with E-state index in [-0.39, 0.29) is 12.5 Å². The molecular formula is C30H27NO5. The van der Waals surface area contributed by atoms with Crippen molar-refractivity contribution in [2.75, 3.05) is 19.0 Å². The van der Waals surface area contributed by atoms with Crippen LogP contribution in [0.15, 0.2) is 97.1 Å². The summed E-state index contributed by atoms with van der Waals surface area (Å²) in [5.41, 5.74) is 4.45. The molecule has 6 nitrogen and oxygen atoms in total. The van der Waals surface area contributed by atoms with Crippen molar-refractivity contribution in [3.05, 3.63) is 114 Å². The van der Waals surface area contributed by atoms with Gasteiger partial charge in [0.2, 0.25) is 0 Å². The second-order valence-electron chi connectivity index (χ2n) is 7.96. The van der Waals surface area contributed by atoms with Crippen LogP contribution in [0, 0.1) is 0 Å². The van der Waals surface area contributed by atoms with Gasteiger partial charge in [-0.1, -0.05) is 42.5 Å². The second-order valence-corrected chi connectivity index (χ2v) is 7.96. The van der Waals surface area contributed by atoms with E-state index in [9.17, 15) is 9.59 Å². The topological polar surface area (TPSA) is 73.9 Å². The summed E-state index contributed by atoms with van der Waals surface area (Å²) < 4.78 is 16.4. The SMILES string of the molecule is CCOC(=O)c1ccc(NC(=O)c2ccc(OC)c(COc3ccc(-c4ccccc4)cc3)c2)cc1. The van der Waals surface area contributed by atoms with Crippen LogP contribution in [0.5, 0.6) is 11.5 Å². The number of ether oxygens (including phenoxy) is 3. The summed E-state index contributed by atoms with van der Waals surface area (Å²) in [6.45, 7) is 2.30. The van der Waals surface area contributed by atoms with Gasteiger partial charge in [0.25, 0.3) is 5.91 Å². The molecule has 0 spiro atoms. The predicted molar refractivity (Wildman–Crippen MR) is 140 cm³/mol. The molecule has 4 aromatic carbocycles. The van der Waals surface area contributed by atoms with Gasteiger partial charge in [-0.05, 0) is 72.6 Å². The van der Waals surface area contributed by atoms with E-state index in [4.69, 9.17) is 14.2 Å². The number of amides is 1. The van der Waals surface area contributed by atoms with Crippen molar-refractivity contribution in [1.82, 2.24) is 0 Å². The van der Waals surface area contributed by atoms with Crippen molar-refractivity contribution in [2.24, 2.45) is 0 Å². The van der Waals surface area contributed by atoms with Gasteiger partial charge in [0, 0.05) is 16.8 Å². The molecule has 1 amide bonds. The highest BCUT2D eigenvalue weighted by atomic mass is 16.5. The molecular weight excluding hydrogens is 454 g/mol. The Bertz CT molecular complexity index is 1320. The first-order valence-electron chi connectivity index (χ1n) is 11.6. The molecule has 1 N–H and O–H groups in total. The summed E-state index contributed by atoms with van der Waals surface area (Å²) in [5.74, 6) is 0.666. The third kappa shape index (κ3) is 6.10. The van der Waals surface area contributed by atoms with Gasteiger partial charge in [0.05, 0.1) is 19.3 Å². The molecule has 36 heavy (non-hydrogen) atoms. The molecule has 0 aliphatic heterocycles. The van der Waals surface area contributed by atoms with Crippen LogP contribution in [-0.4, -0.2) is 25.6 Å². The molecule has 4 aromatic rings. The Balaban J connectivity index is 1.42. The minimum atomic E-state index is -0.398. The lowest BCUT2D eigenvalue weighted by Gasteiger charge is -2.13. The van der Waals surface area contributed by atoms with E-state index in [1.165, 1.54) is 0 Å². The van der Waals surface area contributed by atoms with Crippen molar-refractivity contribution in [3.8, 4) is 22.6 Å². The molecule has 0 radical (unpaired) electrons. The Morgan fingerprint density at radius 1 is 0.778 bits per heavy atom. The molecule has 0 unspecified atom stereocenters. The Morgan fingerprint density at radius 3 is 2.11 bits per heavy atom. The predicted octanol–water partition coefficient (Wildman–Crippen LogP) is 6.37. The van der Waals surface area contributed by atoms with Gasteiger partial charge >= 0.3 is 5.97 Å². The van der Waals surface area contributed by atoms with E-state index in [0.717, 1.165) is 16.7 Å². The highest BCUT2D eigenvalue weighted by molar-refractivity contribution is 6.04. The minimum absolute atomic E-state index is 0.239. The summed E-state index contributed by atoms with van der Waals surface area (Å²) in [5, 5.41) is 2.84. The number of carbonyl (C=O) groups is 2. The van der Waals surface area contributed by atoms with Crippen molar-refractivity contribution in [2.45, 2.75) is 13.5 Å². The van der Waals surface area contributed by atoms with Gasteiger partial charge in [-0.25, -0.2) is 4.79 Å². The Morgan fingerprint density at radius 2 is 1.44 bits per heavy atom. The van der Waals surface area contributed by atoms with E-state index in [0.29, 0.717) is 34.9 Å². The zero-order valence-corrected chi connectivity index (χ0v) is 20.2. The lowest BCUT2D eigenvalue weighted by Crippen LogP contribution is -2.13. The maximum Gasteiger partial charge on any atom is 0.338 e. The molecule has 182 valence electrons. The molecule has 0 aromatic heterocycles. The van der Waals surface area contributed by atoms with E-state index >= 15 is 0 Å². The molecule has 4 rings (SSSR count). The number of methoxy groups -OCH3 is 1. The zero-order valence-electron chi connectivity index (χ0n) is 20.2. The van der Waals surface area contributed by atoms with Crippen LogP contribution < -0.4 is 14.8 Å². The van der Waals surface area contributed by atoms with Crippen LogP contribution in [0.2, 0.25) is 0 Å². The largest absolute Gasteiger partial charge is 0.496 e. The summed E-state index contributed by atoms with van der Waals surface area (Å²) >= 11 is 0. The highest BCUT2D eigenvalue weighted by Crippen LogP contribution is 2.25. The maximum absolute atomic E-state index is 12.8. The van der Waals surface area contributed by atoms with Crippen molar-refractivity contribution in [1.29, 1.82) is 0 Å². The molecule has 0 saturated carbocycles. The standard InChI is InChI=1S/C30H27NO5/c1-3-35-30(33)23-9-14-26(15-10-23)31-29(32)24-13-18-28(34-2)25(19-24)20-36-27-16-11-22(12-17-27)21-7-5-4-6-8-21/h4-19H,3,20H2,1-2H3,(H,31,32). The third-order valence-electron chi connectivity index (χ3n) is 5.55. The summed E-state index contributed by atoms with van der Waals surface area (Å²) in [6, 6.07) is 29.7. The fraction of sp³-hybridized carbons (Fsp3) is 0.133. The lowest BCUT2D eigenvalue weighted by molar-refractivity contribution is 0.0526. The van der Waals surface area contributed by atoms with Crippen molar-refractivity contribution < 1.29 is 23.8 Å². The van der Waals surface area contributed by atoms with Crippen LogP contribution in [0.25, 0.3) is 11.1 Å². The summed E-state index contributed by atoms with van der Waals surface area (Å²) in [4.78, 5) is 24.7. The van der Waals surface area contributed by atoms with Crippen LogP contribution in [-0.2, 0) is 11.3 Å². The molecule has 0 heterocycles. The van der Waals surface area contributed by atoms with Crippen LogP contribution in [0.1, 0.15) is 33.2 Å². The number of benzene rings is 4. The number of nitrogens with one attached hydrogen (secondary N) is 1. The minimum Gasteiger partial charge on any atom is -0.496 e. The van der Waals surface area contributed by atoms with Crippen LogP contribution in [0.3, 0.4) is 0 Å². The zero-order chi connectivity index (χ0) is 25.3. The summed E-state index contributed by atoms with van der Waals surface area (Å²) in [6.07, 6.45) is 0. The first kappa shape index (κ1) is 24.5. The Kier molecular flexibility index (Phi) is 7.98. The molecule has 0 bridgehead atoms. The van der Waals surface area contributed by atoms with Gasteiger partial charge in [0.1, 0.15) is 18.1 Å². The monoisotopic (exact) mass is 481 g/mol. The number of rotatable bonds is 9. The van der Waals surface area contributed by atoms with Gasteiger partial charge in [-0.3, -0.25) is 4.79 Å². The molecule has 0 fully saturated rings. The van der Waals surface area contributed by atoms with E-state index in [2.05, 4.69) is 17.4 Å². The van der Waals surface area contributed by atoms with Gasteiger partial charge in [-0.15, -0.1) is 0 Å². The molecule has 6 heteroatoms. The number of esters is 1. The quantitative estimate of drug-likeness (QED) is 0.281. The van der Waals surface area contributed by atoms with Crippen LogP contribution in [0.4, 0.5) is 5.69 Å². The van der Waals surface area contributed by atoms with E-state index in [1.807, 2.05) is 42.5 Å². The molecule has 0 aliphatic carbocycles. The highest BCUT2D eigenvalue weighted by Gasteiger charge is 2.13. The van der Waals surface area contributed by atoms with Crippen molar-refractivity contribution in [3.63, 3.8) is 0 Å². The summed E-state index contributed by atoms with van der Waals surface area (Å²) in [7, 11) is 1.58. The van der Waals surface area contributed by atoms with Crippen molar-refractivity contribution >= 4 is 17.6 Å². The Labute approximate surface area is 210 Å². The number of anilines is 1. The molecule has 0 aliphatic rings. The average molecular weight is 482 g/mol.